The average Bonchev–Trinajstić information content (AvgIpc) is 3.08. The number of esters is 1. The van der Waals surface area contributed by atoms with Crippen molar-refractivity contribution in [3.63, 3.8) is 0 Å². The minimum atomic E-state index is -0.385. The Bertz CT molecular complexity index is 507. The molecular weight excluding hydrogens is 288 g/mol. The lowest BCUT2D eigenvalue weighted by Crippen LogP contribution is -2.36. The Labute approximate surface area is 129 Å². The molecule has 0 aromatic carbocycles. The van der Waals surface area contributed by atoms with Crippen LogP contribution in [0.1, 0.15) is 54.8 Å². The van der Waals surface area contributed by atoms with Crippen molar-refractivity contribution in [1.29, 1.82) is 0 Å². The first-order chi connectivity index (χ1) is 10.1. The summed E-state index contributed by atoms with van der Waals surface area (Å²) in [5, 5.41) is 6.33. The fraction of sp³-hybridized carbons (Fsp3) is 0.600. The lowest BCUT2D eigenvalue weighted by Gasteiger charge is -2.12. The highest BCUT2D eigenvalue weighted by Crippen LogP contribution is 2.29. The number of thiophene rings is 1. The molecule has 2 amide bonds. The van der Waals surface area contributed by atoms with E-state index in [1.165, 1.54) is 11.3 Å². The lowest BCUT2D eigenvalue weighted by molar-refractivity contribution is 0.0528. The normalized spacial score (nSPS) is 15.0. The van der Waals surface area contributed by atoms with Gasteiger partial charge in [0.1, 0.15) is 5.00 Å². The zero-order chi connectivity index (χ0) is 15.2. The van der Waals surface area contributed by atoms with Crippen molar-refractivity contribution in [2.45, 2.75) is 52.0 Å². The van der Waals surface area contributed by atoms with Gasteiger partial charge in [0.2, 0.25) is 0 Å². The summed E-state index contributed by atoms with van der Waals surface area (Å²) in [4.78, 5) is 25.0. The molecule has 2 rings (SSSR count). The second-order valence-corrected chi connectivity index (χ2v) is 6.25. The van der Waals surface area contributed by atoms with Crippen LogP contribution in [0.2, 0.25) is 0 Å². The van der Waals surface area contributed by atoms with Gasteiger partial charge in [-0.1, -0.05) is 19.8 Å². The van der Waals surface area contributed by atoms with Crippen LogP contribution in [0.3, 0.4) is 0 Å². The van der Waals surface area contributed by atoms with Crippen LogP contribution in [0.25, 0.3) is 0 Å². The molecule has 1 aromatic heterocycles. The van der Waals surface area contributed by atoms with E-state index in [4.69, 9.17) is 4.74 Å². The third-order valence-electron chi connectivity index (χ3n) is 3.54. The van der Waals surface area contributed by atoms with Gasteiger partial charge in [-0.05, 0) is 32.3 Å². The van der Waals surface area contributed by atoms with Crippen molar-refractivity contribution in [1.82, 2.24) is 5.32 Å². The van der Waals surface area contributed by atoms with Gasteiger partial charge >= 0.3 is 12.0 Å². The third-order valence-corrected chi connectivity index (χ3v) is 4.74. The van der Waals surface area contributed by atoms with E-state index in [-0.39, 0.29) is 18.0 Å². The van der Waals surface area contributed by atoms with Gasteiger partial charge in [0.15, 0.2) is 0 Å². The van der Waals surface area contributed by atoms with E-state index in [9.17, 15) is 9.59 Å². The first kappa shape index (κ1) is 15.8. The van der Waals surface area contributed by atoms with Gasteiger partial charge in [-0.3, -0.25) is 5.32 Å². The molecule has 0 unspecified atom stereocenters. The fourth-order valence-corrected chi connectivity index (χ4v) is 3.44. The molecule has 0 bridgehead atoms. The van der Waals surface area contributed by atoms with Crippen LogP contribution in [-0.4, -0.2) is 24.6 Å². The number of carbonyl (C=O) groups excluding carboxylic acids is 2. The van der Waals surface area contributed by atoms with Crippen molar-refractivity contribution in [3.8, 4) is 0 Å². The Morgan fingerprint density at radius 1 is 1.33 bits per heavy atom. The Balaban J connectivity index is 2.04. The Hall–Kier alpha value is -1.56. The summed E-state index contributed by atoms with van der Waals surface area (Å²) in [6.45, 7) is 4.11. The molecule has 1 heterocycles. The minimum absolute atomic E-state index is 0.239. The fourth-order valence-electron chi connectivity index (χ4n) is 2.46. The highest BCUT2D eigenvalue weighted by atomic mass is 32.1. The van der Waals surface area contributed by atoms with Crippen molar-refractivity contribution in [2.75, 3.05) is 11.9 Å². The summed E-state index contributed by atoms with van der Waals surface area (Å²) in [6.07, 6.45) is 5.21. The largest absolute Gasteiger partial charge is 0.462 e. The molecular formula is C15H22N2O3S. The van der Waals surface area contributed by atoms with E-state index in [0.717, 1.165) is 37.0 Å². The first-order valence-corrected chi connectivity index (χ1v) is 8.33. The molecule has 0 radical (unpaired) electrons. The Morgan fingerprint density at radius 3 is 2.67 bits per heavy atom. The topological polar surface area (TPSA) is 67.4 Å². The number of hydrogen-bond acceptors (Lipinski definition) is 4. The molecule has 1 aromatic rings. The maximum absolute atomic E-state index is 12.0. The molecule has 5 nitrogen and oxygen atoms in total. The smallest absolute Gasteiger partial charge is 0.341 e. The number of rotatable bonds is 5. The number of nitrogens with one attached hydrogen (secondary N) is 2. The average molecular weight is 310 g/mol. The Kier molecular flexibility index (Phi) is 5.61. The molecule has 6 heteroatoms. The number of anilines is 1. The van der Waals surface area contributed by atoms with Crippen molar-refractivity contribution in [3.05, 3.63) is 16.5 Å². The van der Waals surface area contributed by atoms with E-state index >= 15 is 0 Å². The van der Waals surface area contributed by atoms with Crippen molar-refractivity contribution >= 4 is 28.3 Å². The van der Waals surface area contributed by atoms with Gasteiger partial charge in [0.25, 0.3) is 0 Å². The Morgan fingerprint density at radius 2 is 2.05 bits per heavy atom. The molecule has 21 heavy (non-hydrogen) atoms. The van der Waals surface area contributed by atoms with Crippen LogP contribution in [-0.2, 0) is 11.2 Å². The van der Waals surface area contributed by atoms with Gasteiger partial charge in [0, 0.05) is 10.9 Å². The second kappa shape index (κ2) is 7.45. The highest BCUT2D eigenvalue weighted by molar-refractivity contribution is 7.16. The zero-order valence-electron chi connectivity index (χ0n) is 12.5. The van der Waals surface area contributed by atoms with Crippen molar-refractivity contribution in [2.24, 2.45) is 0 Å². The van der Waals surface area contributed by atoms with Crippen molar-refractivity contribution < 1.29 is 14.3 Å². The molecule has 2 N–H and O–H groups in total. The number of ether oxygens (including phenoxy) is 1. The number of carbonyl (C=O) groups is 2. The maximum Gasteiger partial charge on any atom is 0.341 e. The van der Waals surface area contributed by atoms with Crippen LogP contribution in [0, 0.1) is 0 Å². The summed E-state index contributed by atoms with van der Waals surface area (Å²) in [6, 6.07) is 1.81. The molecule has 116 valence electrons. The van der Waals surface area contributed by atoms with Crippen LogP contribution < -0.4 is 10.6 Å². The van der Waals surface area contributed by atoms with Gasteiger partial charge in [-0.25, -0.2) is 9.59 Å². The van der Waals surface area contributed by atoms with Crippen LogP contribution >= 0.6 is 11.3 Å². The molecule has 1 aliphatic carbocycles. The van der Waals surface area contributed by atoms with Crippen LogP contribution in [0.15, 0.2) is 6.07 Å². The predicted octanol–water partition coefficient (Wildman–Crippen LogP) is 3.55. The first-order valence-electron chi connectivity index (χ1n) is 7.51. The standard InChI is InChI=1S/C15H22N2O3S/c1-3-11-9-12(14(18)20-4-2)13(21-11)17-15(19)16-10-7-5-6-8-10/h9-10H,3-8H2,1-2H3,(H2,16,17,19). The SMILES string of the molecule is CCOC(=O)c1cc(CC)sc1NC(=O)NC1CCCC1. The summed E-state index contributed by atoms with van der Waals surface area (Å²) < 4.78 is 5.04. The monoisotopic (exact) mass is 310 g/mol. The second-order valence-electron chi connectivity index (χ2n) is 5.11. The quantitative estimate of drug-likeness (QED) is 0.817. The predicted molar refractivity (Wildman–Crippen MR) is 84.1 cm³/mol. The lowest BCUT2D eigenvalue weighted by atomic mass is 10.2. The summed E-state index contributed by atoms with van der Waals surface area (Å²) >= 11 is 1.43. The van der Waals surface area contributed by atoms with Gasteiger partial charge in [-0.15, -0.1) is 11.3 Å². The van der Waals surface area contributed by atoms with E-state index in [1.54, 1.807) is 13.0 Å². The molecule has 0 spiro atoms. The zero-order valence-corrected chi connectivity index (χ0v) is 13.3. The summed E-state index contributed by atoms with van der Waals surface area (Å²) in [5.74, 6) is -0.385. The molecule has 1 fully saturated rings. The number of urea groups is 1. The number of hydrogen-bond donors (Lipinski definition) is 2. The molecule has 0 aliphatic heterocycles. The van der Waals surface area contributed by atoms with E-state index in [1.807, 2.05) is 6.92 Å². The van der Waals surface area contributed by atoms with Crippen LogP contribution in [0.4, 0.5) is 9.80 Å². The summed E-state index contributed by atoms with van der Waals surface area (Å²) in [7, 11) is 0. The molecule has 1 saturated carbocycles. The van der Waals surface area contributed by atoms with Gasteiger partial charge < -0.3 is 10.1 Å². The van der Waals surface area contributed by atoms with E-state index in [0.29, 0.717) is 17.2 Å². The van der Waals surface area contributed by atoms with Crippen LogP contribution in [0.5, 0.6) is 0 Å². The van der Waals surface area contributed by atoms with E-state index in [2.05, 4.69) is 10.6 Å². The minimum Gasteiger partial charge on any atom is -0.462 e. The molecule has 0 atom stereocenters. The van der Waals surface area contributed by atoms with Gasteiger partial charge in [0.05, 0.1) is 12.2 Å². The van der Waals surface area contributed by atoms with Gasteiger partial charge in [-0.2, -0.15) is 0 Å². The number of amides is 2. The highest BCUT2D eigenvalue weighted by Gasteiger charge is 2.21. The summed E-state index contributed by atoms with van der Waals surface area (Å²) in [5.41, 5.74) is 0.445. The maximum atomic E-state index is 12.0. The molecule has 0 saturated heterocycles. The number of aryl methyl sites for hydroxylation is 1. The third kappa shape index (κ3) is 4.20. The van der Waals surface area contributed by atoms with E-state index < -0.39 is 0 Å². The molecule has 1 aliphatic rings.